The molecule has 8 heteroatoms. The lowest BCUT2D eigenvalue weighted by molar-refractivity contribution is -0.123. The van der Waals surface area contributed by atoms with Crippen molar-refractivity contribution in [3.8, 4) is 11.1 Å². The number of pyridine rings is 1. The summed E-state index contributed by atoms with van der Waals surface area (Å²) in [6.07, 6.45) is 2.67. The van der Waals surface area contributed by atoms with Crippen LogP contribution in [0.4, 0.5) is 0 Å². The molecule has 0 bridgehead atoms. The molecule has 1 amide bonds. The van der Waals surface area contributed by atoms with Crippen LogP contribution in [-0.2, 0) is 19.1 Å². The summed E-state index contributed by atoms with van der Waals surface area (Å²) < 4.78 is 11.3. The molecule has 0 radical (unpaired) electrons. The van der Waals surface area contributed by atoms with Crippen LogP contribution >= 0.6 is 0 Å². The summed E-state index contributed by atoms with van der Waals surface area (Å²) in [7, 11) is 0. The second kappa shape index (κ2) is 15.9. The molecule has 38 heavy (non-hydrogen) atoms. The number of ether oxygens (including phenoxy) is 2. The number of nitrogens with one attached hydrogen (secondary N) is 1. The zero-order chi connectivity index (χ0) is 28.1. The summed E-state index contributed by atoms with van der Waals surface area (Å²) in [5.74, 6) is -0.172. The van der Waals surface area contributed by atoms with Gasteiger partial charge >= 0.3 is 0 Å². The first kappa shape index (κ1) is 31.0. The number of nitrogens with zero attached hydrogens (tertiary/aromatic N) is 1. The molecule has 1 aromatic heterocycles. The first-order chi connectivity index (χ1) is 18.1. The molecule has 0 aliphatic carbocycles. The van der Waals surface area contributed by atoms with E-state index in [0.717, 1.165) is 11.1 Å². The number of ketones is 3. The number of Topliss-reactive ketones (excluding diaryl/α,β-unsaturated/α-hetero) is 3. The Morgan fingerprint density at radius 2 is 1.32 bits per heavy atom. The third-order valence-electron chi connectivity index (χ3n) is 6.10. The standard InChI is InChI=1S/C30H40N2O6/c1-6-27(33)23-9-7-22(8-10-23)24-11-12-26(31-17-24)30(36)32-25(18-37-15-13-28(34)20(2)3)19-38-16-14-29(35)21(4)5/h7-12,17,20-21,25H,6,13-16,18-19H2,1-5H3,(H,32,36). The topological polar surface area (TPSA) is 112 Å². The summed E-state index contributed by atoms with van der Waals surface area (Å²) in [6, 6.07) is 10.3. The van der Waals surface area contributed by atoms with E-state index in [9.17, 15) is 19.2 Å². The summed E-state index contributed by atoms with van der Waals surface area (Å²) >= 11 is 0. The van der Waals surface area contributed by atoms with Gasteiger partial charge in [0.25, 0.3) is 5.91 Å². The molecule has 2 aromatic rings. The molecule has 0 fully saturated rings. The normalized spacial score (nSPS) is 11.3. The zero-order valence-corrected chi connectivity index (χ0v) is 23.1. The molecule has 0 aliphatic rings. The van der Waals surface area contributed by atoms with E-state index in [-0.39, 0.29) is 67.2 Å². The first-order valence-electron chi connectivity index (χ1n) is 13.2. The van der Waals surface area contributed by atoms with E-state index >= 15 is 0 Å². The van der Waals surface area contributed by atoms with E-state index in [1.807, 2.05) is 46.8 Å². The van der Waals surface area contributed by atoms with Crippen molar-refractivity contribution in [3.05, 3.63) is 53.9 Å². The molecule has 2 rings (SSSR count). The fourth-order valence-electron chi connectivity index (χ4n) is 3.52. The molecule has 0 aliphatic heterocycles. The van der Waals surface area contributed by atoms with Gasteiger partial charge in [0, 0.05) is 48.4 Å². The highest BCUT2D eigenvalue weighted by molar-refractivity contribution is 5.96. The maximum Gasteiger partial charge on any atom is 0.270 e. The molecule has 0 saturated carbocycles. The number of rotatable bonds is 17. The highest BCUT2D eigenvalue weighted by Crippen LogP contribution is 2.20. The van der Waals surface area contributed by atoms with Crippen molar-refractivity contribution in [1.29, 1.82) is 0 Å². The van der Waals surface area contributed by atoms with Crippen LogP contribution in [0.15, 0.2) is 42.6 Å². The lowest BCUT2D eigenvalue weighted by atomic mass is 10.0. The third kappa shape index (κ3) is 10.3. The molecular weight excluding hydrogens is 484 g/mol. The number of benzene rings is 1. The van der Waals surface area contributed by atoms with Crippen molar-refractivity contribution in [2.45, 2.75) is 59.9 Å². The first-order valence-corrected chi connectivity index (χ1v) is 13.2. The van der Waals surface area contributed by atoms with Crippen LogP contribution in [0.2, 0.25) is 0 Å². The zero-order valence-electron chi connectivity index (χ0n) is 23.1. The van der Waals surface area contributed by atoms with Crippen LogP contribution in [0.1, 0.15) is 74.7 Å². The van der Waals surface area contributed by atoms with Crippen molar-refractivity contribution in [3.63, 3.8) is 0 Å². The van der Waals surface area contributed by atoms with Crippen molar-refractivity contribution in [2.24, 2.45) is 11.8 Å². The molecule has 0 atom stereocenters. The van der Waals surface area contributed by atoms with Crippen molar-refractivity contribution < 1.29 is 28.7 Å². The summed E-state index contributed by atoms with van der Waals surface area (Å²) in [5, 5.41) is 2.88. The van der Waals surface area contributed by atoms with Gasteiger partial charge in [-0.1, -0.05) is 65.0 Å². The maximum absolute atomic E-state index is 12.9. The quantitative estimate of drug-likeness (QED) is 0.236. The van der Waals surface area contributed by atoms with Gasteiger partial charge < -0.3 is 14.8 Å². The number of amides is 1. The van der Waals surface area contributed by atoms with Gasteiger partial charge in [-0.15, -0.1) is 0 Å². The van der Waals surface area contributed by atoms with E-state index < -0.39 is 6.04 Å². The minimum absolute atomic E-state index is 0.0539. The van der Waals surface area contributed by atoms with Crippen molar-refractivity contribution >= 4 is 23.3 Å². The van der Waals surface area contributed by atoms with Gasteiger partial charge in [-0.2, -0.15) is 0 Å². The van der Waals surface area contributed by atoms with Gasteiger partial charge in [-0.25, -0.2) is 0 Å². The highest BCUT2D eigenvalue weighted by Gasteiger charge is 2.17. The van der Waals surface area contributed by atoms with Gasteiger partial charge in [-0.05, 0) is 11.6 Å². The van der Waals surface area contributed by atoms with Crippen LogP contribution in [0.3, 0.4) is 0 Å². The van der Waals surface area contributed by atoms with Crippen molar-refractivity contribution in [2.75, 3.05) is 26.4 Å². The van der Waals surface area contributed by atoms with Crippen LogP contribution in [0, 0.1) is 11.8 Å². The maximum atomic E-state index is 12.9. The lowest BCUT2D eigenvalue weighted by Gasteiger charge is -2.19. The Balaban J connectivity index is 1.98. The molecule has 0 saturated heterocycles. The van der Waals surface area contributed by atoms with E-state index in [1.54, 1.807) is 30.5 Å². The summed E-state index contributed by atoms with van der Waals surface area (Å²) in [6.45, 7) is 10.0. The van der Waals surface area contributed by atoms with Gasteiger partial charge in [0.15, 0.2) is 5.78 Å². The largest absolute Gasteiger partial charge is 0.379 e. The van der Waals surface area contributed by atoms with Gasteiger partial charge in [-0.3, -0.25) is 24.2 Å². The molecule has 0 spiro atoms. The van der Waals surface area contributed by atoms with Crippen LogP contribution in [-0.4, -0.2) is 60.7 Å². The molecule has 1 N–H and O–H groups in total. The third-order valence-corrected chi connectivity index (χ3v) is 6.10. The Morgan fingerprint density at radius 1 is 0.789 bits per heavy atom. The molecule has 206 valence electrons. The SMILES string of the molecule is CCC(=O)c1ccc(-c2ccc(C(=O)NC(COCCC(=O)C(C)C)COCCC(=O)C(C)C)nc2)cc1. The average molecular weight is 525 g/mol. The Hall–Kier alpha value is -3.23. The Labute approximate surface area is 225 Å². The van der Waals surface area contributed by atoms with Crippen molar-refractivity contribution in [1.82, 2.24) is 10.3 Å². The monoisotopic (exact) mass is 524 g/mol. The fraction of sp³-hybridized carbons (Fsp3) is 0.500. The second-order valence-electron chi connectivity index (χ2n) is 9.85. The highest BCUT2D eigenvalue weighted by atomic mass is 16.5. The van der Waals surface area contributed by atoms with E-state index in [1.165, 1.54) is 0 Å². The minimum atomic E-state index is -0.476. The second-order valence-corrected chi connectivity index (χ2v) is 9.85. The number of aromatic nitrogens is 1. The Kier molecular flexibility index (Phi) is 13.0. The number of carbonyl (C=O) groups excluding carboxylic acids is 4. The summed E-state index contributed by atoms with van der Waals surface area (Å²) in [4.78, 5) is 52.7. The average Bonchev–Trinajstić information content (AvgIpc) is 2.92. The number of carbonyl (C=O) groups is 4. The van der Waals surface area contributed by atoms with E-state index in [4.69, 9.17) is 9.47 Å². The molecule has 0 unspecified atom stereocenters. The lowest BCUT2D eigenvalue weighted by Crippen LogP contribution is -2.42. The fourth-order valence-corrected chi connectivity index (χ4v) is 3.52. The van der Waals surface area contributed by atoms with Gasteiger partial charge in [0.1, 0.15) is 17.3 Å². The smallest absolute Gasteiger partial charge is 0.270 e. The molecular formula is C30H40N2O6. The van der Waals surface area contributed by atoms with E-state index in [0.29, 0.717) is 24.8 Å². The van der Waals surface area contributed by atoms with E-state index in [2.05, 4.69) is 10.3 Å². The van der Waals surface area contributed by atoms with Gasteiger partial charge in [0.05, 0.1) is 32.5 Å². The number of hydrogen-bond acceptors (Lipinski definition) is 7. The molecule has 1 aromatic carbocycles. The Morgan fingerprint density at radius 3 is 1.76 bits per heavy atom. The van der Waals surface area contributed by atoms with Crippen LogP contribution < -0.4 is 5.32 Å². The van der Waals surface area contributed by atoms with Crippen LogP contribution in [0.25, 0.3) is 11.1 Å². The predicted molar refractivity (Wildman–Crippen MR) is 146 cm³/mol. The molecule has 8 nitrogen and oxygen atoms in total. The summed E-state index contributed by atoms with van der Waals surface area (Å²) in [5.41, 5.74) is 2.62. The molecule has 1 heterocycles. The number of hydrogen-bond donors (Lipinski definition) is 1. The minimum Gasteiger partial charge on any atom is -0.379 e. The predicted octanol–water partition coefficient (Wildman–Crippen LogP) is 4.70. The van der Waals surface area contributed by atoms with Gasteiger partial charge in [0.2, 0.25) is 0 Å². The van der Waals surface area contributed by atoms with Crippen LogP contribution in [0.5, 0.6) is 0 Å². The Bertz CT molecular complexity index is 1030.